The average molecular weight is 394 g/mol. The van der Waals surface area contributed by atoms with Crippen LogP contribution in [0.1, 0.15) is 11.3 Å². The number of aryl methyl sites for hydroxylation is 1. The van der Waals surface area contributed by atoms with E-state index in [0.29, 0.717) is 4.47 Å². The van der Waals surface area contributed by atoms with Gasteiger partial charge in [-0.05, 0) is 35.0 Å². The molecule has 0 unspecified atom stereocenters. The van der Waals surface area contributed by atoms with Crippen molar-refractivity contribution in [3.8, 4) is 0 Å². The van der Waals surface area contributed by atoms with Crippen LogP contribution < -0.4 is 10.5 Å². The second-order valence-electron chi connectivity index (χ2n) is 4.51. The second-order valence-corrected chi connectivity index (χ2v) is 7.48. The largest absolute Gasteiger partial charge is 0.398 e. The fourth-order valence-corrected chi connectivity index (χ4v) is 4.04. The van der Waals surface area contributed by atoms with Gasteiger partial charge in [-0.15, -0.1) is 0 Å². The van der Waals surface area contributed by atoms with Crippen LogP contribution in [-0.4, -0.2) is 18.2 Å². The van der Waals surface area contributed by atoms with Crippen molar-refractivity contribution in [1.29, 1.82) is 0 Å². The molecule has 0 aliphatic rings. The monoisotopic (exact) mass is 392 g/mol. The summed E-state index contributed by atoms with van der Waals surface area (Å²) in [7, 11) is -1.95. The molecule has 0 aliphatic heterocycles. The van der Waals surface area contributed by atoms with Gasteiger partial charge in [-0.2, -0.15) is 5.10 Å². The lowest BCUT2D eigenvalue weighted by molar-refractivity contribution is 0.580. The zero-order valence-electron chi connectivity index (χ0n) is 11.4. The Morgan fingerprint density at radius 1 is 1.48 bits per heavy atom. The Balaban J connectivity index is 2.29. The highest BCUT2D eigenvalue weighted by Gasteiger charge is 2.20. The van der Waals surface area contributed by atoms with Crippen LogP contribution in [0.3, 0.4) is 0 Å². The molecule has 0 bridgehead atoms. The Labute approximate surface area is 136 Å². The van der Waals surface area contributed by atoms with Crippen LogP contribution in [0.2, 0.25) is 5.02 Å². The van der Waals surface area contributed by atoms with E-state index in [2.05, 4.69) is 25.8 Å². The standard InChI is InChI=1S/C12H14BrClN4O2S/c1-7-8(5-16-18(7)2)6-17-21(19,20)11-4-9(14)3-10(15)12(11)13/h3-5,17H,6,15H2,1-2H3. The predicted octanol–water partition coefficient (Wildman–Crippen LogP) is 2.21. The van der Waals surface area contributed by atoms with Crippen LogP contribution in [0, 0.1) is 6.92 Å². The van der Waals surface area contributed by atoms with Crippen LogP contribution in [0.4, 0.5) is 5.69 Å². The maximum Gasteiger partial charge on any atom is 0.242 e. The first-order chi connectivity index (χ1) is 9.72. The van der Waals surface area contributed by atoms with Gasteiger partial charge in [0, 0.05) is 35.6 Å². The molecule has 3 N–H and O–H groups in total. The summed E-state index contributed by atoms with van der Waals surface area (Å²) in [5, 5.41) is 4.32. The summed E-state index contributed by atoms with van der Waals surface area (Å²) in [5.74, 6) is 0. The number of sulfonamides is 1. The molecule has 114 valence electrons. The molecule has 1 aromatic carbocycles. The molecule has 0 fully saturated rings. The number of halogens is 2. The summed E-state index contributed by atoms with van der Waals surface area (Å²) < 4.78 is 29.2. The van der Waals surface area contributed by atoms with Gasteiger partial charge in [-0.3, -0.25) is 4.68 Å². The number of nitrogens with two attached hydrogens (primary N) is 1. The summed E-state index contributed by atoms with van der Waals surface area (Å²) in [6, 6.07) is 2.83. The number of aromatic nitrogens is 2. The van der Waals surface area contributed by atoms with E-state index in [1.165, 1.54) is 12.1 Å². The molecule has 0 atom stereocenters. The maximum absolute atomic E-state index is 12.4. The fourth-order valence-electron chi connectivity index (χ4n) is 1.75. The van der Waals surface area contributed by atoms with Crippen molar-refractivity contribution >= 4 is 43.2 Å². The van der Waals surface area contributed by atoms with E-state index in [-0.39, 0.29) is 22.2 Å². The first kappa shape index (κ1) is 16.3. The molecular formula is C12H14BrClN4O2S. The zero-order valence-corrected chi connectivity index (χ0v) is 14.6. The van der Waals surface area contributed by atoms with Gasteiger partial charge in [-0.1, -0.05) is 11.6 Å². The molecule has 0 radical (unpaired) electrons. The number of nitrogen functional groups attached to an aromatic ring is 1. The summed E-state index contributed by atoms with van der Waals surface area (Å²) >= 11 is 9.04. The minimum absolute atomic E-state index is 0.00837. The molecule has 1 heterocycles. The highest BCUT2D eigenvalue weighted by molar-refractivity contribution is 9.10. The summed E-state index contributed by atoms with van der Waals surface area (Å²) in [6.45, 7) is 2.00. The Hall–Kier alpha value is -1.09. The van der Waals surface area contributed by atoms with Crippen LogP contribution in [0.25, 0.3) is 0 Å². The average Bonchev–Trinajstić information content (AvgIpc) is 2.72. The predicted molar refractivity (Wildman–Crippen MR) is 85.5 cm³/mol. The Bertz CT molecular complexity index is 789. The maximum atomic E-state index is 12.4. The molecule has 6 nitrogen and oxygen atoms in total. The highest BCUT2D eigenvalue weighted by atomic mass is 79.9. The number of anilines is 1. The number of hydrogen-bond donors (Lipinski definition) is 2. The lowest BCUT2D eigenvalue weighted by Gasteiger charge is -2.10. The van der Waals surface area contributed by atoms with Crippen LogP contribution in [0.15, 0.2) is 27.7 Å². The van der Waals surface area contributed by atoms with E-state index < -0.39 is 10.0 Å². The number of hydrogen-bond acceptors (Lipinski definition) is 4. The van der Waals surface area contributed by atoms with Crippen molar-refractivity contribution in [2.75, 3.05) is 5.73 Å². The molecule has 9 heteroatoms. The number of benzene rings is 1. The molecule has 0 amide bonds. The third-order valence-corrected chi connectivity index (χ3v) is 5.90. The molecule has 0 saturated heterocycles. The van der Waals surface area contributed by atoms with Gasteiger partial charge >= 0.3 is 0 Å². The SMILES string of the molecule is Cc1c(CNS(=O)(=O)c2cc(Cl)cc(N)c2Br)cnn1C. The zero-order chi connectivity index (χ0) is 15.8. The van der Waals surface area contributed by atoms with E-state index in [0.717, 1.165) is 11.3 Å². The van der Waals surface area contributed by atoms with Crippen molar-refractivity contribution in [1.82, 2.24) is 14.5 Å². The third-order valence-electron chi connectivity index (χ3n) is 3.11. The first-order valence-corrected chi connectivity index (χ1v) is 8.59. The Morgan fingerprint density at radius 2 is 2.14 bits per heavy atom. The van der Waals surface area contributed by atoms with E-state index >= 15 is 0 Å². The summed E-state index contributed by atoms with van der Waals surface area (Å²) in [5.41, 5.74) is 7.67. The summed E-state index contributed by atoms with van der Waals surface area (Å²) in [4.78, 5) is 0.00837. The highest BCUT2D eigenvalue weighted by Crippen LogP contribution is 2.31. The molecule has 21 heavy (non-hydrogen) atoms. The van der Waals surface area contributed by atoms with Gasteiger partial charge in [0.1, 0.15) is 0 Å². The van der Waals surface area contributed by atoms with Gasteiger partial charge in [0.25, 0.3) is 0 Å². The van der Waals surface area contributed by atoms with Crippen molar-refractivity contribution in [2.45, 2.75) is 18.4 Å². The smallest absolute Gasteiger partial charge is 0.242 e. The molecule has 1 aromatic heterocycles. The molecular weight excluding hydrogens is 380 g/mol. The normalized spacial score (nSPS) is 11.8. The van der Waals surface area contributed by atoms with Gasteiger partial charge < -0.3 is 5.73 Å². The lowest BCUT2D eigenvalue weighted by atomic mass is 10.3. The topological polar surface area (TPSA) is 90.0 Å². The van der Waals surface area contributed by atoms with Crippen molar-refractivity contribution in [3.63, 3.8) is 0 Å². The van der Waals surface area contributed by atoms with E-state index in [1.54, 1.807) is 17.9 Å². The van der Waals surface area contributed by atoms with Crippen LogP contribution >= 0.6 is 27.5 Å². The van der Waals surface area contributed by atoms with E-state index in [9.17, 15) is 8.42 Å². The van der Waals surface area contributed by atoms with Crippen molar-refractivity contribution in [2.24, 2.45) is 7.05 Å². The number of rotatable bonds is 4. The quantitative estimate of drug-likeness (QED) is 0.779. The molecule has 0 saturated carbocycles. The van der Waals surface area contributed by atoms with Crippen molar-refractivity contribution in [3.05, 3.63) is 39.1 Å². The Morgan fingerprint density at radius 3 is 2.71 bits per heavy atom. The molecule has 2 rings (SSSR count). The van der Waals surface area contributed by atoms with Crippen molar-refractivity contribution < 1.29 is 8.42 Å². The third kappa shape index (κ3) is 3.39. The number of nitrogens with one attached hydrogen (secondary N) is 1. The van der Waals surface area contributed by atoms with Gasteiger partial charge in [0.15, 0.2) is 0 Å². The van der Waals surface area contributed by atoms with Gasteiger partial charge in [0.2, 0.25) is 10.0 Å². The molecule has 2 aromatic rings. The number of nitrogens with zero attached hydrogens (tertiary/aromatic N) is 2. The second kappa shape index (κ2) is 5.96. The summed E-state index contributed by atoms with van der Waals surface area (Å²) in [6.07, 6.45) is 1.62. The van der Waals surface area contributed by atoms with E-state index in [4.69, 9.17) is 17.3 Å². The molecule has 0 spiro atoms. The fraction of sp³-hybridized carbons (Fsp3) is 0.250. The van der Waals surface area contributed by atoms with Gasteiger partial charge in [-0.25, -0.2) is 13.1 Å². The molecule has 0 aliphatic carbocycles. The van der Waals surface area contributed by atoms with E-state index in [1.807, 2.05) is 6.92 Å². The Kier molecular flexibility index (Phi) is 4.62. The lowest BCUT2D eigenvalue weighted by Crippen LogP contribution is -2.24. The first-order valence-electron chi connectivity index (χ1n) is 5.94. The minimum Gasteiger partial charge on any atom is -0.398 e. The van der Waals surface area contributed by atoms with Gasteiger partial charge in [0.05, 0.1) is 15.6 Å². The van der Waals surface area contributed by atoms with Crippen LogP contribution in [0.5, 0.6) is 0 Å². The minimum atomic E-state index is -3.74. The van der Waals surface area contributed by atoms with Crippen LogP contribution in [-0.2, 0) is 23.6 Å².